The van der Waals surface area contributed by atoms with Gasteiger partial charge in [-0.25, -0.2) is 13.4 Å². The summed E-state index contributed by atoms with van der Waals surface area (Å²) in [5, 5.41) is 3.48. The van der Waals surface area contributed by atoms with Crippen molar-refractivity contribution in [2.45, 2.75) is 31.6 Å². The Labute approximate surface area is 228 Å². The molecular formula is C29H29ClN4O3S. The fourth-order valence-corrected chi connectivity index (χ4v) is 5.75. The summed E-state index contributed by atoms with van der Waals surface area (Å²) in [4.78, 5) is 18.2. The molecule has 1 aliphatic rings. The van der Waals surface area contributed by atoms with Crippen molar-refractivity contribution in [2.24, 2.45) is 5.92 Å². The lowest BCUT2D eigenvalue weighted by molar-refractivity contribution is -0.116. The highest BCUT2D eigenvalue weighted by Gasteiger charge is 2.33. The number of sulfonamides is 1. The van der Waals surface area contributed by atoms with Gasteiger partial charge in [-0.2, -0.15) is 4.31 Å². The van der Waals surface area contributed by atoms with Gasteiger partial charge in [-0.1, -0.05) is 59.1 Å². The Hall–Kier alpha value is -3.46. The minimum atomic E-state index is -3.84. The molecule has 38 heavy (non-hydrogen) atoms. The molecule has 4 aromatic rings. The van der Waals surface area contributed by atoms with E-state index in [9.17, 15) is 13.2 Å². The molecule has 0 radical (unpaired) electrons. The van der Waals surface area contributed by atoms with Crippen molar-refractivity contribution in [3.63, 3.8) is 0 Å². The molecule has 1 heterocycles. The van der Waals surface area contributed by atoms with Gasteiger partial charge in [0.1, 0.15) is 0 Å². The number of imidazole rings is 1. The van der Waals surface area contributed by atoms with Gasteiger partial charge in [-0.3, -0.25) is 14.7 Å². The van der Waals surface area contributed by atoms with Crippen LogP contribution < -0.4 is 5.32 Å². The summed E-state index contributed by atoms with van der Waals surface area (Å²) in [5.74, 6) is 0.125. The van der Waals surface area contributed by atoms with Crippen LogP contribution in [-0.2, 0) is 14.8 Å². The average molecular weight is 549 g/mol. The SMILES string of the molecule is Cc1ccc(-n2cc(-c3ccc(Cl)cc3)nc2NC(=O)CN(CC2CC2)S(=O)(=O)c2ccc(C)cc2)cc1. The molecule has 1 fully saturated rings. The number of nitrogens with one attached hydrogen (secondary N) is 1. The molecule has 7 nitrogen and oxygen atoms in total. The number of benzene rings is 3. The molecule has 1 N–H and O–H groups in total. The summed E-state index contributed by atoms with van der Waals surface area (Å²) >= 11 is 6.06. The Balaban J connectivity index is 1.43. The largest absolute Gasteiger partial charge is 0.294 e. The first kappa shape index (κ1) is 26.2. The summed E-state index contributed by atoms with van der Waals surface area (Å²) in [7, 11) is -3.84. The fourth-order valence-electron chi connectivity index (χ4n) is 4.15. The van der Waals surface area contributed by atoms with E-state index in [1.54, 1.807) is 41.0 Å². The lowest BCUT2D eigenvalue weighted by atomic mass is 10.2. The maximum Gasteiger partial charge on any atom is 0.243 e. The zero-order chi connectivity index (χ0) is 26.9. The molecule has 196 valence electrons. The smallest absolute Gasteiger partial charge is 0.243 e. The van der Waals surface area contributed by atoms with Crippen molar-refractivity contribution < 1.29 is 13.2 Å². The third-order valence-electron chi connectivity index (χ3n) is 6.55. The second-order valence-corrected chi connectivity index (χ2v) is 12.1. The zero-order valence-corrected chi connectivity index (χ0v) is 22.8. The van der Waals surface area contributed by atoms with Crippen molar-refractivity contribution in [1.82, 2.24) is 13.9 Å². The number of aromatic nitrogens is 2. The number of carbonyl (C=O) groups is 1. The Kier molecular flexibility index (Phi) is 7.38. The predicted molar refractivity (Wildman–Crippen MR) is 150 cm³/mol. The van der Waals surface area contributed by atoms with E-state index in [0.717, 1.165) is 35.2 Å². The van der Waals surface area contributed by atoms with Gasteiger partial charge in [0.2, 0.25) is 21.9 Å². The molecule has 0 saturated heterocycles. The molecule has 9 heteroatoms. The molecular weight excluding hydrogens is 520 g/mol. The second-order valence-electron chi connectivity index (χ2n) is 9.76. The molecule has 3 aromatic carbocycles. The van der Waals surface area contributed by atoms with Gasteiger partial charge in [0, 0.05) is 29.0 Å². The van der Waals surface area contributed by atoms with Gasteiger partial charge in [0.25, 0.3) is 0 Å². The zero-order valence-electron chi connectivity index (χ0n) is 21.3. The highest BCUT2D eigenvalue weighted by atomic mass is 35.5. The van der Waals surface area contributed by atoms with E-state index in [1.807, 2.05) is 56.4 Å². The Morgan fingerprint density at radius 2 is 1.58 bits per heavy atom. The van der Waals surface area contributed by atoms with Gasteiger partial charge < -0.3 is 0 Å². The van der Waals surface area contributed by atoms with E-state index in [0.29, 0.717) is 23.2 Å². The summed E-state index contributed by atoms with van der Waals surface area (Å²) in [6.07, 6.45) is 3.77. The van der Waals surface area contributed by atoms with E-state index in [-0.39, 0.29) is 17.4 Å². The van der Waals surface area contributed by atoms with Gasteiger partial charge in [-0.05, 0) is 69.0 Å². The number of nitrogens with zero attached hydrogens (tertiary/aromatic N) is 3. The maximum atomic E-state index is 13.4. The number of halogens is 1. The van der Waals surface area contributed by atoms with Crippen molar-refractivity contribution in [3.05, 3.63) is 95.1 Å². The molecule has 5 rings (SSSR count). The lowest BCUT2D eigenvalue weighted by Crippen LogP contribution is -2.39. The first-order valence-electron chi connectivity index (χ1n) is 12.5. The number of rotatable bonds is 9. The molecule has 0 aliphatic heterocycles. The van der Waals surface area contributed by atoms with Crippen molar-refractivity contribution in [1.29, 1.82) is 0 Å². The number of carbonyl (C=O) groups excluding carboxylic acids is 1. The summed E-state index contributed by atoms with van der Waals surface area (Å²) < 4.78 is 30.0. The van der Waals surface area contributed by atoms with Crippen molar-refractivity contribution in [2.75, 3.05) is 18.4 Å². The minimum Gasteiger partial charge on any atom is -0.294 e. The quantitative estimate of drug-likeness (QED) is 0.284. The number of hydrogen-bond donors (Lipinski definition) is 1. The van der Waals surface area contributed by atoms with Crippen LogP contribution in [-0.4, -0.2) is 41.3 Å². The Morgan fingerprint density at radius 1 is 0.974 bits per heavy atom. The van der Waals surface area contributed by atoms with Gasteiger partial charge in [0.15, 0.2) is 0 Å². The molecule has 0 atom stereocenters. The van der Waals surface area contributed by atoms with E-state index in [4.69, 9.17) is 11.6 Å². The topological polar surface area (TPSA) is 84.3 Å². The van der Waals surface area contributed by atoms with Crippen LogP contribution in [0.25, 0.3) is 16.9 Å². The number of hydrogen-bond acceptors (Lipinski definition) is 4. The van der Waals surface area contributed by atoms with Crippen LogP contribution in [0.1, 0.15) is 24.0 Å². The maximum absolute atomic E-state index is 13.4. The third kappa shape index (κ3) is 5.99. The van der Waals surface area contributed by atoms with Gasteiger partial charge in [0.05, 0.1) is 17.1 Å². The number of aryl methyl sites for hydroxylation is 2. The van der Waals surface area contributed by atoms with Crippen LogP contribution in [0.15, 0.2) is 83.9 Å². The third-order valence-corrected chi connectivity index (χ3v) is 8.62. The van der Waals surface area contributed by atoms with Crippen LogP contribution in [0, 0.1) is 19.8 Å². The molecule has 1 aromatic heterocycles. The molecule has 0 spiro atoms. The van der Waals surface area contributed by atoms with Crippen LogP contribution in [0.5, 0.6) is 0 Å². The molecule has 1 amide bonds. The van der Waals surface area contributed by atoms with E-state index >= 15 is 0 Å². The van der Waals surface area contributed by atoms with E-state index < -0.39 is 15.9 Å². The Bertz CT molecular complexity index is 1540. The van der Waals surface area contributed by atoms with Crippen molar-refractivity contribution >= 4 is 33.5 Å². The fraction of sp³-hybridized carbons (Fsp3) is 0.241. The molecule has 1 saturated carbocycles. The second kappa shape index (κ2) is 10.7. The van der Waals surface area contributed by atoms with Gasteiger partial charge in [-0.15, -0.1) is 0 Å². The van der Waals surface area contributed by atoms with E-state index in [1.165, 1.54) is 4.31 Å². The lowest BCUT2D eigenvalue weighted by Gasteiger charge is -2.22. The predicted octanol–water partition coefficient (Wildman–Crippen LogP) is 5.85. The highest BCUT2D eigenvalue weighted by Crippen LogP contribution is 2.32. The van der Waals surface area contributed by atoms with Gasteiger partial charge >= 0.3 is 0 Å². The van der Waals surface area contributed by atoms with Crippen LogP contribution in [0.3, 0.4) is 0 Å². The van der Waals surface area contributed by atoms with E-state index in [2.05, 4.69) is 10.3 Å². The normalized spacial score (nSPS) is 13.6. The van der Waals surface area contributed by atoms with Crippen LogP contribution >= 0.6 is 11.6 Å². The standard InChI is InChI=1S/C29H29ClN4O3S/c1-20-3-13-25(14-4-20)34-18-27(23-9-11-24(30)12-10-23)31-29(34)32-28(35)19-33(17-22-7-8-22)38(36,37)26-15-5-21(2)6-16-26/h3-6,9-16,18,22H,7-8,17,19H2,1-2H3,(H,31,32,35). The monoisotopic (exact) mass is 548 g/mol. The minimum absolute atomic E-state index is 0.183. The first-order chi connectivity index (χ1) is 18.2. The van der Waals surface area contributed by atoms with Crippen LogP contribution in [0.4, 0.5) is 5.95 Å². The van der Waals surface area contributed by atoms with Crippen LogP contribution in [0.2, 0.25) is 5.02 Å². The number of anilines is 1. The summed E-state index contributed by atoms with van der Waals surface area (Å²) in [5.41, 5.74) is 4.39. The number of amides is 1. The molecule has 0 bridgehead atoms. The molecule has 1 aliphatic carbocycles. The van der Waals surface area contributed by atoms with Crippen molar-refractivity contribution in [3.8, 4) is 16.9 Å². The first-order valence-corrected chi connectivity index (χ1v) is 14.3. The highest BCUT2D eigenvalue weighted by molar-refractivity contribution is 7.89. The molecule has 0 unspecified atom stereocenters. The summed E-state index contributed by atoms with van der Waals surface area (Å²) in [6, 6.07) is 21.8. The Morgan fingerprint density at radius 3 is 2.18 bits per heavy atom. The average Bonchev–Trinajstić information content (AvgIpc) is 3.62. The summed E-state index contributed by atoms with van der Waals surface area (Å²) in [6.45, 7) is 3.92.